The molecule has 0 amide bonds. The van der Waals surface area contributed by atoms with Crippen molar-refractivity contribution < 1.29 is 9.59 Å². The summed E-state index contributed by atoms with van der Waals surface area (Å²) in [6.07, 6.45) is 5.50. The standard InChI is InChI=1S/C12H19N2O2/c1-13-7-3-5-10(13)11(16)12(9-15)6-4-8-14(12)2/h10H,3-8H2,1-2H3/t10-,12-/m0/s1. The predicted molar refractivity (Wildman–Crippen MR) is 60.9 cm³/mol. The van der Waals surface area contributed by atoms with E-state index < -0.39 is 5.54 Å². The second-order valence-electron chi connectivity index (χ2n) is 4.99. The topological polar surface area (TPSA) is 40.6 Å². The van der Waals surface area contributed by atoms with Gasteiger partial charge in [-0.25, -0.2) is 0 Å². The Kier molecular flexibility index (Phi) is 3.13. The summed E-state index contributed by atoms with van der Waals surface area (Å²) in [7, 11) is 3.81. The van der Waals surface area contributed by atoms with E-state index in [1.54, 1.807) is 0 Å². The first kappa shape index (κ1) is 11.7. The van der Waals surface area contributed by atoms with Gasteiger partial charge in [-0.3, -0.25) is 19.4 Å². The molecule has 2 rings (SSSR count). The van der Waals surface area contributed by atoms with Crippen molar-refractivity contribution in [2.24, 2.45) is 0 Å². The lowest BCUT2D eigenvalue weighted by Gasteiger charge is -2.32. The van der Waals surface area contributed by atoms with Crippen LogP contribution in [0.4, 0.5) is 0 Å². The maximum Gasteiger partial charge on any atom is 0.228 e. The van der Waals surface area contributed by atoms with Gasteiger partial charge in [-0.15, -0.1) is 0 Å². The number of likely N-dealkylation sites (tertiary alicyclic amines) is 2. The molecule has 2 aliphatic rings. The monoisotopic (exact) mass is 223 g/mol. The van der Waals surface area contributed by atoms with Crippen molar-refractivity contribution in [3.63, 3.8) is 0 Å². The SMILES string of the molecule is CN1CCC[C@H]1C(=O)[C@@]1([C]=O)CCCN1C. The number of rotatable bonds is 3. The van der Waals surface area contributed by atoms with E-state index in [9.17, 15) is 9.59 Å². The molecule has 2 aliphatic heterocycles. The number of likely N-dealkylation sites (N-methyl/N-ethyl adjacent to an activating group) is 2. The number of nitrogens with zero attached hydrogens (tertiary/aromatic N) is 2. The molecule has 2 fully saturated rings. The van der Waals surface area contributed by atoms with Crippen molar-refractivity contribution in [3.8, 4) is 0 Å². The maximum atomic E-state index is 12.5. The Labute approximate surface area is 96.6 Å². The molecule has 0 bridgehead atoms. The quantitative estimate of drug-likeness (QED) is 0.642. The highest BCUT2D eigenvalue weighted by molar-refractivity contribution is 6.06. The van der Waals surface area contributed by atoms with Crippen LogP contribution in [0.1, 0.15) is 25.7 Å². The van der Waals surface area contributed by atoms with Gasteiger partial charge in [0.1, 0.15) is 5.54 Å². The van der Waals surface area contributed by atoms with E-state index in [0.717, 1.165) is 32.4 Å². The molecular formula is C12H19N2O2. The lowest BCUT2D eigenvalue weighted by molar-refractivity contribution is -0.129. The van der Waals surface area contributed by atoms with Crippen LogP contribution in [0, 0.1) is 0 Å². The van der Waals surface area contributed by atoms with E-state index >= 15 is 0 Å². The molecular weight excluding hydrogens is 204 g/mol. The molecule has 2 saturated heterocycles. The fourth-order valence-corrected chi connectivity index (χ4v) is 2.96. The van der Waals surface area contributed by atoms with Crippen LogP contribution in [-0.4, -0.2) is 60.6 Å². The van der Waals surface area contributed by atoms with Crippen LogP contribution >= 0.6 is 0 Å². The van der Waals surface area contributed by atoms with E-state index in [4.69, 9.17) is 0 Å². The van der Waals surface area contributed by atoms with Gasteiger partial charge in [0.2, 0.25) is 6.29 Å². The summed E-state index contributed by atoms with van der Waals surface area (Å²) in [5, 5.41) is 0. The first-order valence-corrected chi connectivity index (χ1v) is 5.97. The minimum absolute atomic E-state index is 0.0579. The largest absolute Gasteiger partial charge is 0.297 e. The summed E-state index contributed by atoms with van der Waals surface area (Å²) in [5.74, 6) is 0.0579. The first-order chi connectivity index (χ1) is 7.62. The molecule has 4 heteroatoms. The average Bonchev–Trinajstić information content (AvgIpc) is 2.84. The molecule has 0 aliphatic carbocycles. The second kappa shape index (κ2) is 4.26. The lowest BCUT2D eigenvalue weighted by atomic mass is 9.87. The highest BCUT2D eigenvalue weighted by Gasteiger charge is 2.50. The molecule has 0 N–H and O–H groups in total. The van der Waals surface area contributed by atoms with Crippen molar-refractivity contribution >= 4 is 12.1 Å². The van der Waals surface area contributed by atoms with Gasteiger partial charge in [-0.05, 0) is 52.9 Å². The van der Waals surface area contributed by atoms with Gasteiger partial charge in [-0.2, -0.15) is 0 Å². The van der Waals surface area contributed by atoms with E-state index in [0.29, 0.717) is 6.42 Å². The Balaban J connectivity index is 2.21. The minimum atomic E-state index is -0.955. The van der Waals surface area contributed by atoms with Crippen molar-refractivity contribution in [1.29, 1.82) is 0 Å². The molecule has 4 nitrogen and oxygen atoms in total. The van der Waals surface area contributed by atoms with Crippen LogP contribution in [-0.2, 0) is 9.59 Å². The number of hydrogen-bond acceptors (Lipinski definition) is 4. The summed E-state index contributed by atoms with van der Waals surface area (Å²) in [5.41, 5.74) is -0.955. The number of carbonyl (C=O) groups excluding carboxylic acids is 2. The molecule has 2 heterocycles. The fourth-order valence-electron chi connectivity index (χ4n) is 2.96. The summed E-state index contributed by atoms with van der Waals surface area (Å²) in [6.45, 7) is 1.77. The third-order valence-corrected chi connectivity index (χ3v) is 4.08. The Hall–Kier alpha value is -0.740. The second-order valence-corrected chi connectivity index (χ2v) is 4.99. The van der Waals surface area contributed by atoms with E-state index in [1.165, 1.54) is 0 Å². The molecule has 1 radical (unpaired) electrons. The van der Waals surface area contributed by atoms with E-state index in [-0.39, 0.29) is 11.8 Å². The van der Waals surface area contributed by atoms with E-state index in [1.807, 2.05) is 25.3 Å². The molecule has 16 heavy (non-hydrogen) atoms. The molecule has 2 atom stereocenters. The van der Waals surface area contributed by atoms with Crippen LogP contribution in [0.5, 0.6) is 0 Å². The van der Waals surface area contributed by atoms with Gasteiger partial charge in [0.15, 0.2) is 5.78 Å². The van der Waals surface area contributed by atoms with Crippen LogP contribution in [0.15, 0.2) is 0 Å². The summed E-state index contributed by atoms with van der Waals surface area (Å²) in [4.78, 5) is 27.6. The van der Waals surface area contributed by atoms with Gasteiger partial charge < -0.3 is 0 Å². The fraction of sp³-hybridized carbons (Fsp3) is 0.833. The number of hydrogen-bond donors (Lipinski definition) is 0. The molecule has 0 aromatic carbocycles. The highest BCUT2D eigenvalue weighted by atomic mass is 16.2. The maximum absolute atomic E-state index is 12.5. The third-order valence-electron chi connectivity index (χ3n) is 4.08. The van der Waals surface area contributed by atoms with Crippen molar-refractivity contribution in [2.75, 3.05) is 27.2 Å². The molecule has 0 saturated carbocycles. The first-order valence-electron chi connectivity index (χ1n) is 5.97. The smallest absolute Gasteiger partial charge is 0.228 e. The zero-order valence-electron chi connectivity index (χ0n) is 10.0. The van der Waals surface area contributed by atoms with Crippen molar-refractivity contribution in [3.05, 3.63) is 0 Å². The van der Waals surface area contributed by atoms with Crippen LogP contribution in [0.3, 0.4) is 0 Å². The molecule has 0 unspecified atom stereocenters. The van der Waals surface area contributed by atoms with Gasteiger partial charge in [0, 0.05) is 0 Å². The Morgan fingerprint density at radius 3 is 2.50 bits per heavy atom. The molecule has 89 valence electrons. The summed E-state index contributed by atoms with van der Waals surface area (Å²) in [6, 6.07) is -0.0815. The van der Waals surface area contributed by atoms with Crippen molar-refractivity contribution in [2.45, 2.75) is 37.3 Å². The third kappa shape index (κ3) is 1.60. The number of carbonyl (C=O) groups is 1. The normalized spacial score (nSPS) is 36.8. The number of Topliss-reactive ketones (excluding diaryl/α,β-unsaturated/α-hetero) is 1. The predicted octanol–water partition coefficient (Wildman–Crippen LogP) is 0.224. The van der Waals surface area contributed by atoms with Crippen LogP contribution in [0.2, 0.25) is 0 Å². The van der Waals surface area contributed by atoms with Gasteiger partial charge in [-0.1, -0.05) is 0 Å². The van der Waals surface area contributed by atoms with Gasteiger partial charge >= 0.3 is 0 Å². The Morgan fingerprint density at radius 1 is 1.31 bits per heavy atom. The number of ketones is 1. The van der Waals surface area contributed by atoms with Crippen molar-refractivity contribution in [1.82, 2.24) is 9.80 Å². The Morgan fingerprint density at radius 2 is 2.06 bits per heavy atom. The molecule has 0 aromatic heterocycles. The van der Waals surface area contributed by atoms with Gasteiger partial charge in [0.25, 0.3) is 0 Å². The zero-order valence-corrected chi connectivity index (χ0v) is 10.0. The minimum Gasteiger partial charge on any atom is -0.297 e. The zero-order chi connectivity index (χ0) is 11.8. The summed E-state index contributed by atoms with van der Waals surface area (Å²) >= 11 is 0. The average molecular weight is 223 g/mol. The molecule has 0 spiro atoms. The van der Waals surface area contributed by atoms with Crippen LogP contribution < -0.4 is 0 Å². The van der Waals surface area contributed by atoms with Crippen LogP contribution in [0.25, 0.3) is 0 Å². The Bertz CT molecular complexity index is 305. The molecule has 0 aromatic rings. The highest BCUT2D eigenvalue weighted by Crippen LogP contribution is 2.31. The van der Waals surface area contributed by atoms with Gasteiger partial charge in [0.05, 0.1) is 6.04 Å². The lowest BCUT2D eigenvalue weighted by Crippen LogP contribution is -2.56. The van der Waals surface area contributed by atoms with E-state index in [2.05, 4.69) is 4.90 Å². The summed E-state index contributed by atoms with van der Waals surface area (Å²) < 4.78 is 0.